The van der Waals surface area contributed by atoms with E-state index >= 15 is 0 Å². The van der Waals surface area contributed by atoms with E-state index in [2.05, 4.69) is 83.7 Å². The molecule has 278 valence electrons. The first-order valence-electron chi connectivity index (χ1n) is 19.0. The van der Waals surface area contributed by atoms with Gasteiger partial charge in [0.25, 0.3) is 0 Å². The topological polar surface area (TPSA) is 136 Å². The smallest absolute Gasteiger partial charge is 0.319 e. The summed E-state index contributed by atoms with van der Waals surface area (Å²) >= 11 is 0. The Morgan fingerprint density at radius 1 is 0.717 bits per heavy atom. The quantitative estimate of drug-likeness (QED) is 0.123. The predicted molar refractivity (Wildman–Crippen MR) is 207 cm³/mol. The van der Waals surface area contributed by atoms with Gasteiger partial charge in [0.05, 0.1) is 53.8 Å². The largest absolute Gasteiger partial charge is 0.468 e. The summed E-state index contributed by atoms with van der Waals surface area (Å²) in [5.74, 6) is 1.73. The van der Waals surface area contributed by atoms with Gasteiger partial charge in [0.15, 0.2) is 0 Å². The van der Waals surface area contributed by atoms with Crippen molar-refractivity contribution in [1.29, 1.82) is 0 Å². The van der Waals surface area contributed by atoms with Gasteiger partial charge in [-0.3, -0.25) is 19.7 Å². The molecule has 0 bridgehead atoms. The molecule has 11 nitrogen and oxygen atoms in total. The molecule has 0 spiro atoms. The van der Waals surface area contributed by atoms with Gasteiger partial charge >= 0.3 is 5.97 Å². The molecule has 3 N–H and O–H groups in total. The van der Waals surface area contributed by atoms with E-state index in [1.54, 1.807) is 0 Å². The van der Waals surface area contributed by atoms with Crippen molar-refractivity contribution in [3.8, 4) is 22.3 Å². The third kappa shape index (κ3) is 7.31. The molecule has 4 atom stereocenters. The Balaban J connectivity index is 1.06. The number of imidazole rings is 2. The number of H-pyrrole nitrogens is 2. The lowest BCUT2D eigenvalue weighted by Gasteiger charge is -2.30. The molecule has 0 saturated carbocycles. The molecule has 0 radical (unpaired) electrons. The fraction of sp³-hybridized carbons (Fsp3) is 0.452. The van der Waals surface area contributed by atoms with Crippen LogP contribution < -0.4 is 5.32 Å². The zero-order chi connectivity index (χ0) is 37.4. The van der Waals surface area contributed by atoms with E-state index in [9.17, 15) is 14.4 Å². The van der Waals surface area contributed by atoms with Crippen LogP contribution in [0.3, 0.4) is 0 Å². The summed E-state index contributed by atoms with van der Waals surface area (Å²) in [7, 11) is 1.34. The summed E-state index contributed by atoms with van der Waals surface area (Å²) in [4.78, 5) is 59.5. The number of esters is 1. The number of fused-ring (bicyclic) bond motifs is 2. The Morgan fingerprint density at radius 2 is 1.19 bits per heavy atom. The van der Waals surface area contributed by atoms with Gasteiger partial charge in [-0.15, -0.1) is 0 Å². The Labute approximate surface area is 310 Å². The van der Waals surface area contributed by atoms with Crippen LogP contribution in [-0.2, 0) is 19.1 Å². The number of hydrogen-bond donors (Lipinski definition) is 3. The second-order valence-electron chi connectivity index (χ2n) is 15.4. The second-order valence-corrected chi connectivity index (χ2v) is 15.4. The molecule has 0 unspecified atom stereocenters. The Hall–Kier alpha value is -5.03. The number of nitrogens with one attached hydrogen (secondary N) is 3. The van der Waals surface area contributed by atoms with Crippen LogP contribution in [0, 0.1) is 17.8 Å². The van der Waals surface area contributed by atoms with Crippen molar-refractivity contribution < 1.29 is 19.1 Å². The summed E-state index contributed by atoms with van der Waals surface area (Å²) in [5, 5.41) is 3.10. The van der Waals surface area contributed by atoms with Crippen LogP contribution in [0.5, 0.6) is 0 Å². The number of aromatic nitrogens is 4. The van der Waals surface area contributed by atoms with Crippen LogP contribution in [0.15, 0.2) is 60.7 Å². The van der Waals surface area contributed by atoms with E-state index in [0.29, 0.717) is 12.5 Å². The lowest BCUT2D eigenvalue weighted by Crippen LogP contribution is -2.50. The number of methoxy groups -OCH3 is 1. The second kappa shape index (κ2) is 15.1. The van der Waals surface area contributed by atoms with Gasteiger partial charge in [-0.2, -0.15) is 0 Å². The van der Waals surface area contributed by atoms with Crippen molar-refractivity contribution in [3.05, 3.63) is 72.3 Å². The average molecular weight is 718 g/mol. The van der Waals surface area contributed by atoms with E-state index in [0.717, 1.165) is 88.2 Å². The normalized spacial score (nSPS) is 18.8. The highest BCUT2D eigenvalue weighted by Crippen LogP contribution is 2.36. The molecule has 5 aromatic rings. The van der Waals surface area contributed by atoms with Crippen molar-refractivity contribution in [1.82, 2.24) is 35.1 Å². The summed E-state index contributed by atoms with van der Waals surface area (Å²) < 4.78 is 4.77. The predicted octanol–water partition coefficient (Wildman–Crippen LogP) is 7.18. The molecule has 2 saturated heterocycles. The van der Waals surface area contributed by atoms with E-state index < -0.39 is 12.0 Å². The van der Waals surface area contributed by atoms with E-state index in [4.69, 9.17) is 14.7 Å². The highest BCUT2D eigenvalue weighted by molar-refractivity contribution is 5.86. The summed E-state index contributed by atoms with van der Waals surface area (Å²) in [6.07, 6.45) is 3.62. The number of hydrogen-bond acceptors (Lipinski definition) is 7. The fourth-order valence-corrected chi connectivity index (χ4v) is 7.82. The minimum absolute atomic E-state index is 0.00347. The molecular weight excluding hydrogens is 667 g/mol. The molecule has 0 aliphatic carbocycles. The fourth-order valence-electron chi connectivity index (χ4n) is 7.82. The maximum atomic E-state index is 13.7. The van der Waals surface area contributed by atoms with Gasteiger partial charge in [-0.1, -0.05) is 71.0 Å². The number of ether oxygens (including phenoxy) is 1. The zero-order valence-electron chi connectivity index (χ0n) is 31.6. The number of aromatic amines is 2. The van der Waals surface area contributed by atoms with Crippen LogP contribution in [0.4, 0.5) is 0 Å². The maximum absolute atomic E-state index is 13.7. The summed E-state index contributed by atoms with van der Waals surface area (Å²) in [6, 6.07) is 20.4. The number of likely N-dealkylation sites (tertiary alicyclic amines) is 2. The molecule has 2 aliphatic rings. The van der Waals surface area contributed by atoms with Crippen LogP contribution in [-0.4, -0.2) is 80.3 Å². The molecule has 2 aromatic heterocycles. The molecule has 2 fully saturated rings. The number of carbonyl (C=O) groups excluding carboxylic acids is 3. The van der Waals surface area contributed by atoms with Gasteiger partial charge in [0, 0.05) is 19.0 Å². The number of carbonyl (C=O) groups is 3. The Morgan fingerprint density at radius 3 is 1.64 bits per heavy atom. The maximum Gasteiger partial charge on any atom is 0.319 e. The van der Waals surface area contributed by atoms with Gasteiger partial charge in [-0.25, -0.2) is 9.97 Å². The van der Waals surface area contributed by atoms with Crippen molar-refractivity contribution in [2.75, 3.05) is 26.7 Å². The first-order chi connectivity index (χ1) is 25.5. The van der Waals surface area contributed by atoms with Gasteiger partial charge in [0.2, 0.25) is 11.8 Å². The zero-order valence-corrected chi connectivity index (χ0v) is 31.6. The lowest BCUT2D eigenvalue weighted by molar-refractivity contribution is -0.141. The number of rotatable bonds is 11. The van der Waals surface area contributed by atoms with Crippen LogP contribution in [0.2, 0.25) is 0 Å². The molecular formula is C42H51N7O4. The molecule has 11 heteroatoms. The van der Waals surface area contributed by atoms with Crippen LogP contribution in [0.25, 0.3) is 44.3 Å². The first kappa shape index (κ1) is 36.3. The van der Waals surface area contributed by atoms with Crippen molar-refractivity contribution >= 4 is 39.9 Å². The average Bonchev–Trinajstić information content (AvgIpc) is 3.98. The molecule has 2 aliphatic heterocycles. The summed E-state index contributed by atoms with van der Waals surface area (Å²) in [6.45, 7) is 11.6. The molecule has 4 heterocycles. The van der Waals surface area contributed by atoms with E-state index in [1.165, 1.54) is 7.11 Å². The molecule has 3 aromatic carbocycles. The monoisotopic (exact) mass is 717 g/mol. The van der Waals surface area contributed by atoms with E-state index in [1.807, 2.05) is 36.6 Å². The molecule has 7 rings (SSSR count). The van der Waals surface area contributed by atoms with Crippen molar-refractivity contribution in [3.63, 3.8) is 0 Å². The highest BCUT2D eigenvalue weighted by Gasteiger charge is 2.37. The SMILES string of the molecule is COC(=O)CN[C@H](C(=O)N1CCC[C@H]1c1nc2ccc(-c3ccc(-c4ccc5nc([C@@H]6CCCN6C(=O)[C@@H](C)C(C)C)[nH]c5c4)cc3)cc2[nH]1)C(C)C. The van der Waals surface area contributed by atoms with Gasteiger partial charge in [-0.05, 0) is 84.0 Å². The molecule has 53 heavy (non-hydrogen) atoms. The van der Waals surface area contributed by atoms with Crippen molar-refractivity contribution in [2.45, 2.75) is 78.4 Å². The highest BCUT2D eigenvalue weighted by atomic mass is 16.5. The molecule has 2 amide bonds. The van der Waals surface area contributed by atoms with Gasteiger partial charge in [0.1, 0.15) is 11.6 Å². The number of amides is 2. The standard InChI is InChI=1S/C42H51N7O4/c1-24(2)26(5)41(51)48-19-7-9-35(48)39-44-31-17-15-29(21-33(31)46-39)27-11-13-28(14-12-27)30-16-18-32-34(22-30)47-40(45-32)36-10-8-20-49(36)42(52)38(25(3)4)43-23-37(50)53-6/h11-18,21-22,24-26,35-36,38,43H,7-10,19-20,23H2,1-6H3,(H,44,46)(H,45,47)/t26-,35-,36-,38-/m0/s1. The van der Waals surface area contributed by atoms with Crippen molar-refractivity contribution in [2.24, 2.45) is 17.8 Å². The minimum Gasteiger partial charge on any atom is -0.468 e. The lowest BCUT2D eigenvalue weighted by atomic mass is 9.96. The summed E-state index contributed by atoms with van der Waals surface area (Å²) in [5.41, 5.74) is 8.02. The Kier molecular flexibility index (Phi) is 10.4. The van der Waals surface area contributed by atoms with Gasteiger partial charge < -0.3 is 24.5 Å². The number of nitrogens with zero attached hydrogens (tertiary/aromatic N) is 4. The van der Waals surface area contributed by atoms with E-state index in [-0.39, 0.29) is 42.3 Å². The van der Waals surface area contributed by atoms with Crippen LogP contribution in [0.1, 0.15) is 84.0 Å². The minimum atomic E-state index is -0.495. The first-order valence-corrected chi connectivity index (χ1v) is 19.0. The third-order valence-electron chi connectivity index (χ3n) is 11.3. The van der Waals surface area contributed by atoms with Crippen LogP contribution >= 0.6 is 0 Å². The number of benzene rings is 3. The Bertz CT molecular complexity index is 2120. The third-order valence-corrected chi connectivity index (χ3v) is 11.3.